The van der Waals surface area contributed by atoms with Gasteiger partial charge in [0.25, 0.3) is 0 Å². The van der Waals surface area contributed by atoms with E-state index in [4.69, 9.17) is 4.74 Å². The third kappa shape index (κ3) is 4.43. The number of pyridine rings is 1. The van der Waals surface area contributed by atoms with Crippen LogP contribution in [0.3, 0.4) is 0 Å². The van der Waals surface area contributed by atoms with E-state index in [1.165, 1.54) is 19.0 Å². The van der Waals surface area contributed by atoms with Gasteiger partial charge in [-0.05, 0) is 31.2 Å². The number of hydrogen-bond donors (Lipinski definition) is 2. The van der Waals surface area contributed by atoms with Crippen molar-refractivity contribution in [1.29, 1.82) is 0 Å². The van der Waals surface area contributed by atoms with E-state index in [0.717, 1.165) is 12.5 Å². The van der Waals surface area contributed by atoms with Crippen LogP contribution in [0.5, 0.6) is 0 Å². The number of nitrogens with one attached hydrogen (secondary N) is 2. The van der Waals surface area contributed by atoms with Gasteiger partial charge in [0.1, 0.15) is 4.90 Å². The van der Waals surface area contributed by atoms with Gasteiger partial charge in [-0.25, -0.2) is 13.1 Å². The molecule has 0 aromatic carbocycles. The topological polar surface area (TPSA) is 80.3 Å². The number of hydrogen-bond acceptors (Lipinski definition) is 5. The van der Waals surface area contributed by atoms with E-state index in [9.17, 15) is 8.42 Å². The van der Waals surface area contributed by atoms with Crippen molar-refractivity contribution in [1.82, 2.24) is 9.71 Å². The first-order valence-corrected chi connectivity index (χ1v) is 8.31. The zero-order valence-corrected chi connectivity index (χ0v) is 12.4. The molecule has 1 aromatic heterocycles. The Labute approximate surface area is 120 Å². The van der Waals surface area contributed by atoms with Crippen LogP contribution in [0.2, 0.25) is 0 Å². The zero-order chi connectivity index (χ0) is 14.4. The summed E-state index contributed by atoms with van der Waals surface area (Å²) in [6.07, 6.45) is 6.09. The molecular formula is C13H21N3O3S. The zero-order valence-electron chi connectivity index (χ0n) is 11.6. The van der Waals surface area contributed by atoms with Crippen LogP contribution >= 0.6 is 0 Å². The smallest absolute Gasteiger partial charge is 0.244 e. The van der Waals surface area contributed by atoms with Gasteiger partial charge in [-0.15, -0.1) is 0 Å². The van der Waals surface area contributed by atoms with Gasteiger partial charge in [0.2, 0.25) is 10.0 Å². The van der Waals surface area contributed by atoms with Crippen molar-refractivity contribution in [2.45, 2.75) is 24.2 Å². The lowest BCUT2D eigenvalue weighted by atomic mass is 10.4. The molecule has 6 nitrogen and oxygen atoms in total. The fraction of sp³-hybridized carbons (Fsp3) is 0.615. The number of rotatable bonds is 9. The van der Waals surface area contributed by atoms with Crippen LogP contribution in [-0.2, 0) is 14.8 Å². The van der Waals surface area contributed by atoms with Crippen LogP contribution in [0.1, 0.15) is 19.3 Å². The van der Waals surface area contributed by atoms with E-state index in [2.05, 4.69) is 15.0 Å². The van der Waals surface area contributed by atoms with E-state index in [1.54, 1.807) is 19.3 Å². The molecule has 1 aromatic rings. The summed E-state index contributed by atoms with van der Waals surface area (Å²) >= 11 is 0. The minimum atomic E-state index is -3.52. The predicted molar refractivity (Wildman–Crippen MR) is 77.1 cm³/mol. The molecule has 1 aliphatic carbocycles. The Morgan fingerprint density at radius 2 is 2.25 bits per heavy atom. The SMILES string of the molecule is CNc1ccncc1S(=O)(=O)NCCCOCC1CC1. The van der Waals surface area contributed by atoms with Crippen LogP contribution in [0, 0.1) is 5.92 Å². The molecule has 0 aliphatic heterocycles. The third-order valence-corrected chi connectivity index (χ3v) is 4.64. The van der Waals surface area contributed by atoms with Crippen molar-refractivity contribution in [2.24, 2.45) is 5.92 Å². The van der Waals surface area contributed by atoms with E-state index < -0.39 is 10.0 Å². The standard InChI is InChI=1S/C13H21N3O3S/c1-14-12-5-7-15-9-13(12)20(17,18)16-6-2-8-19-10-11-3-4-11/h5,7,9,11,16H,2-4,6,8,10H2,1H3,(H,14,15). The normalized spacial score (nSPS) is 15.2. The molecular weight excluding hydrogens is 278 g/mol. The fourth-order valence-corrected chi connectivity index (χ4v) is 3.02. The van der Waals surface area contributed by atoms with Crippen molar-refractivity contribution in [3.63, 3.8) is 0 Å². The van der Waals surface area contributed by atoms with Crippen LogP contribution in [-0.4, -0.2) is 40.2 Å². The van der Waals surface area contributed by atoms with Crippen molar-refractivity contribution in [2.75, 3.05) is 32.1 Å². The highest BCUT2D eigenvalue weighted by Gasteiger charge is 2.21. The number of aromatic nitrogens is 1. The molecule has 2 rings (SSSR count). The third-order valence-electron chi connectivity index (χ3n) is 3.15. The number of anilines is 1. The van der Waals surface area contributed by atoms with Crippen molar-refractivity contribution in [3.05, 3.63) is 18.5 Å². The van der Waals surface area contributed by atoms with Gasteiger partial charge in [-0.3, -0.25) is 4.98 Å². The maximum Gasteiger partial charge on any atom is 0.244 e. The second-order valence-corrected chi connectivity index (χ2v) is 6.63. The predicted octanol–water partition coefficient (Wildman–Crippen LogP) is 1.22. The van der Waals surface area contributed by atoms with E-state index in [0.29, 0.717) is 25.3 Å². The number of nitrogens with zero attached hydrogens (tertiary/aromatic N) is 1. The lowest BCUT2D eigenvalue weighted by Gasteiger charge is -2.10. The minimum Gasteiger partial charge on any atom is -0.387 e. The van der Waals surface area contributed by atoms with Crippen LogP contribution < -0.4 is 10.0 Å². The minimum absolute atomic E-state index is 0.168. The maximum atomic E-state index is 12.1. The van der Waals surface area contributed by atoms with Crippen LogP contribution in [0.15, 0.2) is 23.4 Å². The molecule has 1 heterocycles. The molecule has 0 bridgehead atoms. The molecule has 112 valence electrons. The molecule has 0 radical (unpaired) electrons. The van der Waals surface area contributed by atoms with Crippen LogP contribution in [0.25, 0.3) is 0 Å². The number of ether oxygens (including phenoxy) is 1. The van der Waals surface area contributed by atoms with Gasteiger partial charge in [0, 0.05) is 39.2 Å². The molecule has 0 amide bonds. The van der Waals surface area contributed by atoms with Crippen LogP contribution in [0.4, 0.5) is 5.69 Å². The maximum absolute atomic E-state index is 12.1. The highest BCUT2D eigenvalue weighted by molar-refractivity contribution is 7.89. The molecule has 7 heteroatoms. The summed E-state index contributed by atoms with van der Waals surface area (Å²) in [7, 11) is -1.84. The van der Waals surface area contributed by atoms with Gasteiger partial charge in [0.05, 0.1) is 5.69 Å². The average Bonchev–Trinajstić information content (AvgIpc) is 3.26. The Bertz CT molecular complexity index is 529. The second-order valence-electron chi connectivity index (χ2n) is 4.89. The Morgan fingerprint density at radius 3 is 2.95 bits per heavy atom. The first-order chi connectivity index (χ1) is 9.63. The Kier molecular flexibility index (Phi) is 5.33. The summed E-state index contributed by atoms with van der Waals surface area (Å²) in [5.41, 5.74) is 0.539. The lowest BCUT2D eigenvalue weighted by Crippen LogP contribution is -2.26. The highest BCUT2D eigenvalue weighted by atomic mass is 32.2. The summed E-state index contributed by atoms with van der Waals surface area (Å²) < 4.78 is 32.3. The van der Waals surface area contributed by atoms with Crippen molar-refractivity contribution in [3.8, 4) is 0 Å². The molecule has 20 heavy (non-hydrogen) atoms. The Balaban J connectivity index is 1.77. The monoisotopic (exact) mass is 299 g/mol. The number of sulfonamides is 1. The second kappa shape index (κ2) is 7.01. The summed E-state index contributed by atoms with van der Waals surface area (Å²) in [6.45, 7) is 1.76. The van der Waals surface area contributed by atoms with Crippen molar-refractivity contribution < 1.29 is 13.2 Å². The van der Waals surface area contributed by atoms with E-state index >= 15 is 0 Å². The van der Waals surface area contributed by atoms with Gasteiger partial charge in [-0.2, -0.15) is 0 Å². The molecule has 0 atom stereocenters. The molecule has 0 unspecified atom stereocenters. The summed E-state index contributed by atoms with van der Waals surface area (Å²) in [6, 6.07) is 1.63. The molecule has 0 spiro atoms. The van der Waals surface area contributed by atoms with E-state index in [-0.39, 0.29) is 4.90 Å². The van der Waals surface area contributed by atoms with Gasteiger partial charge in [0.15, 0.2) is 0 Å². The molecule has 2 N–H and O–H groups in total. The van der Waals surface area contributed by atoms with Gasteiger partial charge < -0.3 is 10.1 Å². The summed E-state index contributed by atoms with van der Waals surface area (Å²) in [4.78, 5) is 4.03. The molecule has 1 fully saturated rings. The molecule has 0 saturated heterocycles. The highest BCUT2D eigenvalue weighted by Crippen LogP contribution is 2.28. The molecule has 1 aliphatic rings. The first-order valence-electron chi connectivity index (χ1n) is 6.82. The largest absolute Gasteiger partial charge is 0.387 e. The Hall–Kier alpha value is -1.18. The van der Waals surface area contributed by atoms with Gasteiger partial charge >= 0.3 is 0 Å². The Morgan fingerprint density at radius 1 is 1.45 bits per heavy atom. The fourth-order valence-electron chi connectivity index (χ4n) is 1.79. The van der Waals surface area contributed by atoms with Gasteiger partial charge in [-0.1, -0.05) is 0 Å². The van der Waals surface area contributed by atoms with Crippen molar-refractivity contribution >= 4 is 15.7 Å². The molecule has 1 saturated carbocycles. The quantitative estimate of drug-likeness (QED) is 0.670. The summed E-state index contributed by atoms with van der Waals surface area (Å²) in [5.74, 6) is 0.736. The lowest BCUT2D eigenvalue weighted by molar-refractivity contribution is 0.123. The average molecular weight is 299 g/mol. The van der Waals surface area contributed by atoms with E-state index in [1.807, 2.05) is 0 Å². The first kappa shape index (κ1) is 15.2. The summed E-state index contributed by atoms with van der Waals surface area (Å²) in [5, 5.41) is 2.85.